The van der Waals surface area contributed by atoms with Crippen molar-refractivity contribution in [3.63, 3.8) is 0 Å². The molecule has 0 spiro atoms. The molecule has 1 unspecified atom stereocenters. The van der Waals surface area contributed by atoms with Crippen molar-refractivity contribution >= 4 is 39.8 Å². The molecule has 1 aromatic heterocycles. The minimum atomic E-state index is -0.303. The van der Waals surface area contributed by atoms with E-state index in [2.05, 4.69) is 22.8 Å². The Morgan fingerprint density at radius 2 is 1.84 bits per heavy atom. The van der Waals surface area contributed by atoms with Crippen molar-refractivity contribution in [1.29, 1.82) is 0 Å². The Labute approximate surface area is 190 Å². The Balaban J connectivity index is 1.52. The van der Waals surface area contributed by atoms with E-state index in [1.807, 2.05) is 20.8 Å². The largest absolute Gasteiger partial charge is 0.493 e. The van der Waals surface area contributed by atoms with Gasteiger partial charge in [-0.25, -0.2) is 0 Å². The highest BCUT2D eigenvalue weighted by Crippen LogP contribution is 2.36. The third-order valence-electron chi connectivity index (χ3n) is 5.26. The third kappa shape index (κ3) is 4.45. The fourth-order valence-electron chi connectivity index (χ4n) is 3.84. The lowest BCUT2D eigenvalue weighted by Gasteiger charge is -2.28. The maximum atomic E-state index is 13.1. The number of rotatable bonds is 4. The number of benzene rings is 2. The summed E-state index contributed by atoms with van der Waals surface area (Å²) in [6.45, 7) is 6.48. The van der Waals surface area contributed by atoms with Gasteiger partial charge in [-0.15, -0.1) is 11.3 Å². The highest BCUT2D eigenvalue weighted by Gasteiger charge is 2.26. The average Bonchev–Trinajstić information content (AvgIpc) is 3.09. The van der Waals surface area contributed by atoms with Crippen molar-refractivity contribution in [3.8, 4) is 5.75 Å². The summed E-state index contributed by atoms with van der Waals surface area (Å²) in [7, 11) is 0. The fourth-order valence-corrected chi connectivity index (χ4v) is 5.04. The molecule has 0 saturated heterocycles. The lowest BCUT2D eigenvalue weighted by molar-refractivity contribution is 0.0927. The van der Waals surface area contributed by atoms with E-state index >= 15 is 0 Å². The summed E-state index contributed by atoms with van der Waals surface area (Å²) in [5, 5.41) is 6.98. The zero-order chi connectivity index (χ0) is 22.1. The Hall–Kier alpha value is -2.83. The summed E-state index contributed by atoms with van der Waals surface area (Å²) in [5.41, 5.74) is 4.43. The van der Waals surface area contributed by atoms with E-state index in [4.69, 9.17) is 16.3 Å². The van der Waals surface area contributed by atoms with Crippen LogP contribution in [0.4, 0.5) is 5.00 Å². The molecule has 0 radical (unpaired) electrons. The summed E-state index contributed by atoms with van der Waals surface area (Å²) in [5.74, 6) is 0.401. The maximum absolute atomic E-state index is 13.1. The van der Waals surface area contributed by atoms with Gasteiger partial charge in [0.05, 0.1) is 33.1 Å². The molecule has 160 valence electrons. The number of nitrogens with one attached hydrogen (secondary N) is 2. The van der Waals surface area contributed by atoms with Gasteiger partial charge in [-0.05, 0) is 50.1 Å². The zero-order valence-electron chi connectivity index (χ0n) is 17.5. The SMILES string of the molecule is Cc1cc(C)c2c(c1)C(NC(=O)c1sc(NC(=O)c3ccccc3Cl)cc1C)CCO2. The second-order valence-electron chi connectivity index (χ2n) is 7.72. The minimum Gasteiger partial charge on any atom is -0.493 e. The number of hydrogen-bond acceptors (Lipinski definition) is 4. The van der Waals surface area contributed by atoms with Crippen LogP contribution in [0, 0.1) is 20.8 Å². The first kappa shape index (κ1) is 21.4. The van der Waals surface area contributed by atoms with Crippen LogP contribution >= 0.6 is 22.9 Å². The van der Waals surface area contributed by atoms with Crippen molar-refractivity contribution < 1.29 is 14.3 Å². The minimum absolute atomic E-state index is 0.113. The first-order valence-electron chi connectivity index (χ1n) is 10.0. The molecule has 1 atom stereocenters. The van der Waals surface area contributed by atoms with Gasteiger partial charge in [0.2, 0.25) is 0 Å². The van der Waals surface area contributed by atoms with Crippen LogP contribution in [0.2, 0.25) is 5.02 Å². The highest BCUT2D eigenvalue weighted by atomic mass is 35.5. The van der Waals surface area contributed by atoms with Crippen LogP contribution in [0.25, 0.3) is 0 Å². The van der Waals surface area contributed by atoms with Gasteiger partial charge in [-0.2, -0.15) is 0 Å². The van der Waals surface area contributed by atoms with Crippen molar-refractivity contribution in [2.75, 3.05) is 11.9 Å². The highest BCUT2D eigenvalue weighted by molar-refractivity contribution is 7.18. The Morgan fingerprint density at radius 1 is 1.06 bits per heavy atom. The van der Waals surface area contributed by atoms with Crippen molar-refractivity contribution in [1.82, 2.24) is 5.32 Å². The Kier molecular flexibility index (Phi) is 6.03. The van der Waals surface area contributed by atoms with E-state index in [0.29, 0.717) is 33.5 Å². The molecule has 1 aliphatic rings. The lowest BCUT2D eigenvalue weighted by Crippen LogP contribution is -2.32. The first-order chi connectivity index (χ1) is 14.8. The molecule has 5 nitrogen and oxygen atoms in total. The maximum Gasteiger partial charge on any atom is 0.262 e. The molecule has 2 amide bonds. The molecule has 2 heterocycles. The smallest absolute Gasteiger partial charge is 0.262 e. The van der Waals surface area contributed by atoms with Crippen LogP contribution < -0.4 is 15.4 Å². The van der Waals surface area contributed by atoms with Gasteiger partial charge >= 0.3 is 0 Å². The van der Waals surface area contributed by atoms with E-state index < -0.39 is 0 Å². The van der Waals surface area contributed by atoms with Crippen LogP contribution in [0.3, 0.4) is 0 Å². The number of fused-ring (bicyclic) bond motifs is 1. The molecule has 1 aliphatic heterocycles. The van der Waals surface area contributed by atoms with Crippen LogP contribution in [0.5, 0.6) is 5.75 Å². The van der Waals surface area contributed by atoms with E-state index in [-0.39, 0.29) is 17.9 Å². The number of aryl methyl sites for hydroxylation is 3. The van der Waals surface area contributed by atoms with Gasteiger partial charge in [0.1, 0.15) is 5.75 Å². The zero-order valence-corrected chi connectivity index (χ0v) is 19.1. The van der Waals surface area contributed by atoms with E-state index in [1.54, 1.807) is 30.3 Å². The number of thiophene rings is 1. The summed E-state index contributed by atoms with van der Waals surface area (Å²) in [6, 6.07) is 12.7. The predicted molar refractivity (Wildman–Crippen MR) is 125 cm³/mol. The summed E-state index contributed by atoms with van der Waals surface area (Å²) >= 11 is 7.37. The number of ether oxygens (including phenoxy) is 1. The standard InChI is InChI=1S/C24H23ClN2O3S/c1-13-10-14(2)21-17(11-13)19(8-9-30-21)26-24(29)22-15(3)12-20(31-22)27-23(28)16-6-4-5-7-18(16)25/h4-7,10-12,19H,8-9H2,1-3H3,(H,26,29)(H,27,28). The molecule has 0 bridgehead atoms. The molecule has 0 aliphatic carbocycles. The topological polar surface area (TPSA) is 67.4 Å². The summed E-state index contributed by atoms with van der Waals surface area (Å²) in [4.78, 5) is 26.2. The molecule has 31 heavy (non-hydrogen) atoms. The number of anilines is 1. The number of hydrogen-bond donors (Lipinski definition) is 2. The van der Waals surface area contributed by atoms with Crippen LogP contribution in [-0.2, 0) is 0 Å². The Morgan fingerprint density at radius 3 is 2.61 bits per heavy atom. The van der Waals surface area contributed by atoms with Crippen molar-refractivity contribution in [2.45, 2.75) is 33.2 Å². The number of carbonyl (C=O) groups excluding carboxylic acids is 2. The molecule has 0 fully saturated rings. The van der Waals surface area contributed by atoms with Gasteiger partial charge in [0, 0.05) is 12.0 Å². The molecule has 2 aromatic carbocycles. The number of halogens is 1. The first-order valence-corrected chi connectivity index (χ1v) is 11.2. The summed E-state index contributed by atoms with van der Waals surface area (Å²) in [6.07, 6.45) is 0.710. The molecular formula is C24H23ClN2O3S. The average molecular weight is 455 g/mol. The van der Waals surface area contributed by atoms with E-state index in [1.165, 1.54) is 11.3 Å². The van der Waals surface area contributed by atoms with Gasteiger partial charge in [-0.3, -0.25) is 9.59 Å². The van der Waals surface area contributed by atoms with Gasteiger partial charge in [0.25, 0.3) is 11.8 Å². The quantitative estimate of drug-likeness (QED) is 0.521. The van der Waals surface area contributed by atoms with Gasteiger partial charge in [0.15, 0.2) is 0 Å². The van der Waals surface area contributed by atoms with Gasteiger partial charge in [-0.1, -0.05) is 41.4 Å². The molecule has 2 N–H and O–H groups in total. The number of amides is 2. The molecular weight excluding hydrogens is 432 g/mol. The van der Waals surface area contributed by atoms with E-state index in [9.17, 15) is 9.59 Å². The molecule has 0 saturated carbocycles. The van der Waals surface area contributed by atoms with Crippen LogP contribution in [0.15, 0.2) is 42.5 Å². The molecule has 3 aromatic rings. The lowest BCUT2D eigenvalue weighted by atomic mass is 9.95. The fraction of sp³-hybridized carbons (Fsp3) is 0.250. The van der Waals surface area contributed by atoms with Crippen LogP contribution in [-0.4, -0.2) is 18.4 Å². The summed E-state index contributed by atoms with van der Waals surface area (Å²) < 4.78 is 5.84. The van der Waals surface area contributed by atoms with Crippen LogP contribution in [0.1, 0.15) is 54.7 Å². The predicted octanol–water partition coefficient (Wildman–Crippen LogP) is 5.83. The number of carbonyl (C=O) groups is 2. The normalized spacial score (nSPS) is 15.0. The molecule has 4 rings (SSSR count). The second-order valence-corrected chi connectivity index (χ2v) is 9.18. The Bertz CT molecular complexity index is 1170. The second kappa shape index (κ2) is 8.73. The molecule has 7 heteroatoms. The van der Waals surface area contributed by atoms with Crippen molar-refractivity contribution in [2.24, 2.45) is 0 Å². The van der Waals surface area contributed by atoms with Crippen molar-refractivity contribution in [3.05, 3.63) is 80.2 Å². The van der Waals surface area contributed by atoms with E-state index in [0.717, 1.165) is 28.0 Å². The third-order valence-corrected chi connectivity index (χ3v) is 6.74. The van der Waals surface area contributed by atoms with Gasteiger partial charge < -0.3 is 15.4 Å². The monoisotopic (exact) mass is 454 g/mol.